The molecule has 1 atom stereocenters. The van der Waals surface area contributed by atoms with Crippen LogP contribution in [-0.2, 0) is 0 Å². The first-order valence-corrected chi connectivity index (χ1v) is 6.29. The van der Waals surface area contributed by atoms with Crippen molar-refractivity contribution in [1.82, 2.24) is 0 Å². The van der Waals surface area contributed by atoms with Crippen LogP contribution in [0.15, 0.2) is 46.9 Å². The second-order valence-corrected chi connectivity index (χ2v) is 4.85. The summed E-state index contributed by atoms with van der Waals surface area (Å²) in [4.78, 5) is 0. The fourth-order valence-corrected chi connectivity index (χ4v) is 2.28. The highest BCUT2D eigenvalue weighted by molar-refractivity contribution is 9.10. The Balaban J connectivity index is 2.48. The lowest BCUT2D eigenvalue weighted by molar-refractivity contribution is 0.369. The van der Waals surface area contributed by atoms with Gasteiger partial charge in [0.15, 0.2) is 11.5 Å². The normalized spacial score (nSPS) is 12.2. The summed E-state index contributed by atoms with van der Waals surface area (Å²) >= 11 is 3.38. The van der Waals surface area contributed by atoms with Crippen molar-refractivity contribution in [3.63, 3.8) is 0 Å². The van der Waals surface area contributed by atoms with E-state index in [-0.39, 0.29) is 5.75 Å². The van der Waals surface area contributed by atoms with Crippen molar-refractivity contribution in [2.24, 2.45) is 5.73 Å². The van der Waals surface area contributed by atoms with Crippen LogP contribution in [0.3, 0.4) is 0 Å². The number of hydrogen-bond acceptors (Lipinski definition) is 3. The van der Waals surface area contributed by atoms with Crippen molar-refractivity contribution in [2.75, 3.05) is 7.11 Å². The third-order valence-corrected chi connectivity index (χ3v) is 3.24. The molecular formula is C14H14BrNO2. The number of nitrogens with two attached hydrogens (primary N) is 1. The molecule has 0 heterocycles. The monoisotopic (exact) mass is 307 g/mol. The van der Waals surface area contributed by atoms with Gasteiger partial charge in [0.05, 0.1) is 13.2 Å². The molecule has 3 nitrogen and oxygen atoms in total. The Kier molecular flexibility index (Phi) is 3.89. The zero-order valence-corrected chi connectivity index (χ0v) is 11.5. The van der Waals surface area contributed by atoms with Gasteiger partial charge in [-0.2, -0.15) is 0 Å². The number of rotatable bonds is 3. The van der Waals surface area contributed by atoms with E-state index in [2.05, 4.69) is 15.9 Å². The maximum absolute atomic E-state index is 10.1. The van der Waals surface area contributed by atoms with Gasteiger partial charge in [-0.1, -0.05) is 46.3 Å². The lowest BCUT2D eigenvalue weighted by Gasteiger charge is -2.16. The molecular weight excluding hydrogens is 294 g/mol. The van der Waals surface area contributed by atoms with Gasteiger partial charge in [0.25, 0.3) is 0 Å². The Morgan fingerprint density at radius 2 is 1.89 bits per heavy atom. The van der Waals surface area contributed by atoms with Crippen molar-refractivity contribution in [3.05, 3.63) is 58.1 Å². The van der Waals surface area contributed by atoms with Gasteiger partial charge < -0.3 is 15.6 Å². The van der Waals surface area contributed by atoms with Gasteiger partial charge in [-0.15, -0.1) is 0 Å². The molecule has 0 aliphatic carbocycles. The molecule has 0 saturated carbocycles. The summed E-state index contributed by atoms with van der Waals surface area (Å²) in [7, 11) is 1.51. The summed E-state index contributed by atoms with van der Waals surface area (Å²) in [6.45, 7) is 0. The van der Waals surface area contributed by atoms with E-state index in [4.69, 9.17) is 10.5 Å². The molecule has 2 aromatic rings. The average molecular weight is 308 g/mol. The van der Waals surface area contributed by atoms with E-state index in [9.17, 15) is 5.11 Å². The van der Waals surface area contributed by atoms with E-state index in [1.54, 1.807) is 12.1 Å². The van der Waals surface area contributed by atoms with Crippen LogP contribution in [0.4, 0.5) is 0 Å². The fraction of sp³-hybridized carbons (Fsp3) is 0.143. The Morgan fingerprint density at radius 1 is 1.22 bits per heavy atom. The van der Waals surface area contributed by atoms with Crippen LogP contribution < -0.4 is 10.5 Å². The van der Waals surface area contributed by atoms with Crippen LogP contribution in [0.1, 0.15) is 17.2 Å². The predicted molar refractivity (Wildman–Crippen MR) is 74.8 cm³/mol. The zero-order valence-electron chi connectivity index (χ0n) is 9.93. The largest absolute Gasteiger partial charge is 0.504 e. The summed E-state index contributed by atoms with van der Waals surface area (Å²) in [5, 5.41) is 10.1. The van der Waals surface area contributed by atoms with Gasteiger partial charge in [0.2, 0.25) is 0 Å². The summed E-state index contributed by atoms with van der Waals surface area (Å²) in [6, 6.07) is 12.7. The minimum absolute atomic E-state index is 0.0806. The van der Waals surface area contributed by atoms with Crippen molar-refractivity contribution in [3.8, 4) is 11.5 Å². The van der Waals surface area contributed by atoms with Gasteiger partial charge in [-0.05, 0) is 17.7 Å². The first kappa shape index (κ1) is 12.9. The lowest BCUT2D eigenvalue weighted by Crippen LogP contribution is -2.12. The molecule has 18 heavy (non-hydrogen) atoms. The average Bonchev–Trinajstić information content (AvgIpc) is 2.41. The quantitative estimate of drug-likeness (QED) is 0.915. The highest BCUT2D eigenvalue weighted by Crippen LogP contribution is 2.38. The molecule has 0 aliphatic heterocycles. The molecule has 0 saturated heterocycles. The third kappa shape index (κ3) is 2.49. The van der Waals surface area contributed by atoms with Crippen LogP contribution >= 0.6 is 15.9 Å². The lowest BCUT2D eigenvalue weighted by atomic mass is 9.98. The molecule has 4 heteroatoms. The zero-order chi connectivity index (χ0) is 13.1. The van der Waals surface area contributed by atoms with E-state index < -0.39 is 6.04 Å². The summed E-state index contributed by atoms with van der Waals surface area (Å²) in [5.74, 6) is 0.489. The minimum Gasteiger partial charge on any atom is -0.504 e. The van der Waals surface area contributed by atoms with Crippen LogP contribution in [-0.4, -0.2) is 12.2 Å². The summed E-state index contributed by atoms with van der Waals surface area (Å²) in [6.07, 6.45) is 0. The molecule has 0 radical (unpaired) electrons. The highest BCUT2D eigenvalue weighted by atomic mass is 79.9. The first-order chi connectivity index (χ1) is 8.63. The van der Waals surface area contributed by atoms with E-state index in [0.717, 1.165) is 10.0 Å². The molecule has 0 aromatic heterocycles. The molecule has 1 unspecified atom stereocenters. The molecule has 3 N–H and O–H groups in total. The maximum Gasteiger partial charge on any atom is 0.162 e. The smallest absolute Gasteiger partial charge is 0.162 e. The number of methoxy groups -OCH3 is 1. The third-order valence-electron chi connectivity index (χ3n) is 2.78. The van der Waals surface area contributed by atoms with E-state index >= 15 is 0 Å². The second-order valence-electron chi connectivity index (χ2n) is 3.93. The molecule has 2 rings (SSSR count). The van der Waals surface area contributed by atoms with Crippen LogP contribution in [0.25, 0.3) is 0 Å². The Morgan fingerprint density at radius 3 is 2.50 bits per heavy atom. The number of ether oxygens (including phenoxy) is 1. The summed E-state index contributed by atoms with van der Waals surface area (Å²) in [5.41, 5.74) is 7.74. The van der Waals surface area contributed by atoms with Crippen molar-refractivity contribution >= 4 is 15.9 Å². The minimum atomic E-state index is -0.391. The molecule has 0 amide bonds. The molecule has 0 fully saturated rings. The van der Waals surface area contributed by atoms with Gasteiger partial charge in [-0.25, -0.2) is 0 Å². The number of halogens is 1. The van der Waals surface area contributed by atoms with Gasteiger partial charge >= 0.3 is 0 Å². The molecule has 0 spiro atoms. The summed E-state index contributed by atoms with van der Waals surface area (Å²) < 4.78 is 5.94. The number of phenols is 1. The standard InChI is InChI=1S/C14H14BrNO2/c1-18-12-8-10(15)7-11(14(12)17)13(16)9-5-3-2-4-6-9/h2-8,13,17H,16H2,1H3. The molecule has 94 valence electrons. The molecule has 2 aromatic carbocycles. The first-order valence-electron chi connectivity index (χ1n) is 5.50. The Labute approximate surface area is 114 Å². The maximum atomic E-state index is 10.1. The van der Waals surface area contributed by atoms with Crippen LogP contribution in [0, 0.1) is 0 Å². The SMILES string of the molecule is COc1cc(Br)cc(C(N)c2ccccc2)c1O. The van der Waals surface area contributed by atoms with Gasteiger partial charge in [0, 0.05) is 10.0 Å². The van der Waals surface area contributed by atoms with Crippen molar-refractivity contribution in [2.45, 2.75) is 6.04 Å². The van der Waals surface area contributed by atoms with Crippen molar-refractivity contribution < 1.29 is 9.84 Å². The highest BCUT2D eigenvalue weighted by Gasteiger charge is 2.17. The van der Waals surface area contributed by atoms with E-state index in [1.807, 2.05) is 30.3 Å². The number of benzene rings is 2. The topological polar surface area (TPSA) is 55.5 Å². The van der Waals surface area contributed by atoms with Gasteiger partial charge in [0.1, 0.15) is 0 Å². The molecule has 0 bridgehead atoms. The van der Waals surface area contributed by atoms with Crippen LogP contribution in [0.2, 0.25) is 0 Å². The number of phenolic OH excluding ortho intramolecular Hbond substituents is 1. The van der Waals surface area contributed by atoms with Gasteiger partial charge in [-0.3, -0.25) is 0 Å². The predicted octanol–water partition coefficient (Wildman–Crippen LogP) is 3.21. The molecule has 0 aliphatic rings. The number of aromatic hydroxyl groups is 1. The van der Waals surface area contributed by atoms with Crippen LogP contribution in [0.5, 0.6) is 11.5 Å². The van der Waals surface area contributed by atoms with Crippen molar-refractivity contribution in [1.29, 1.82) is 0 Å². The number of hydrogen-bond donors (Lipinski definition) is 2. The van der Waals surface area contributed by atoms with E-state index in [0.29, 0.717) is 11.3 Å². The Bertz CT molecular complexity index is 543. The Hall–Kier alpha value is -1.52. The van der Waals surface area contributed by atoms with E-state index in [1.165, 1.54) is 7.11 Å². The second kappa shape index (κ2) is 5.42. The fourth-order valence-electron chi connectivity index (χ4n) is 1.83.